The Balaban J connectivity index is 2.09. The van der Waals surface area contributed by atoms with Crippen molar-refractivity contribution in [2.45, 2.75) is 25.8 Å². The number of hydrogen-bond donors (Lipinski definition) is 0. The van der Waals surface area contributed by atoms with Crippen LogP contribution in [0.1, 0.15) is 18.9 Å². The predicted molar refractivity (Wildman–Crippen MR) is 79.6 cm³/mol. The summed E-state index contributed by atoms with van der Waals surface area (Å²) in [6.45, 7) is 2.39. The van der Waals surface area contributed by atoms with Crippen molar-refractivity contribution >= 4 is 27.3 Å². The zero-order valence-electron chi connectivity index (χ0n) is 11.4. The summed E-state index contributed by atoms with van der Waals surface area (Å²) in [5, 5.41) is 0.566. The molecule has 0 N–H and O–H groups in total. The monoisotopic (exact) mass is 315 g/mol. The molecule has 1 aliphatic heterocycles. The van der Waals surface area contributed by atoms with Crippen molar-refractivity contribution in [3.05, 3.63) is 34.9 Å². The number of hydrogen-bond acceptors (Lipinski definition) is 3. The summed E-state index contributed by atoms with van der Waals surface area (Å²) >= 11 is 6.05. The minimum Gasteiger partial charge on any atom is -0.339 e. The maximum Gasteiger partial charge on any atom is 0.227 e. The van der Waals surface area contributed by atoms with Crippen LogP contribution in [0.15, 0.2) is 24.3 Å². The molecule has 0 bridgehead atoms. The standard InChI is InChI=1S/C14H18ClNO3S/c1-2-16(12-7-8-20(18,19)10-12)14(17)9-11-5-3-4-6-13(11)15/h3-6,12H,2,7-10H2,1H3. The Morgan fingerprint density at radius 1 is 1.40 bits per heavy atom. The molecule has 0 saturated carbocycles. The van der Waals surface area contributed by atoms with Crippen LogP contribution in [0.5, 0.6) is 0 Å². The van der Waals surface area contributed by atoms with Gasteiger partial charge < -0.3 is 4.90 Å². The molecular formula is C14H18ClNO3S. The topological polar surface area (TPSA) is 54.5 Å². The second-order valence-corrected chi connectivity index (χ2v) is 7.64. The molecule has 1 saturated heterocycles. The molecule has 1 aromatic rings. The van der Waals surface area contributed by atoms with Gasteiger partial charge in [-0.05, 0) is 25.0 Å². The van der Waals surface area contributed by atoms with E-state index in [0.717, 1.165) is 5.56 Å². The Kier molecular flexibility index (Phi) is 4.70. The number of sulfone groups is 1. The molecule has 1 aromatic carbocycles. The van der Waals surface area contributed by atoms with Gasteiger partial charge in [-0.25, -0.2) is 8.42 Å². The van der Waals surface area contributed by atoms with Crippen LogP contribution in [0.2, 0.25) is 5.02 Å². The van der Waals surface area contributed by atoms with Gasteiger partial charge in [0.25, 0.3) is 0 Å². The Bertz CT molecular complexity index is 600. The fourth-order valence-corrected chi connectivity index (χ4v) is 4.50. The van der Waals surface area contributed by atoms with Crippen LogP contribution in [0.4, 0.5) is 0 Å². The van der Waals surface area contributed by atoms with E-state index in [1.165, 1.54) is 0 Å². The fourth-order valence-electron chi connectivity index (χ4n) is 2.57. The van der Waals surface area contributed by atoms with Gasteiger partial charge in [-0.1, -0.05) is 29.8 Å². The molecule has 0 aromatic heterocycles. The van der Waals surface area contributed by atoms with Crippen molar-refractivity contribution in [3.8, 4) is 0 Å². The molecule has 1 aliphatic rings. The molecule has 0 aliphatic carbocycles. The van der Waals surface area contributed by atoms with Crippen LogP contribution in [0.3, 0.4) is 0 Å². The summed E-state index contributed by atoms with van der Waals surface area (Å²) in [6.07, 6.45) is 0.745. The second-order valence-electron chi connectivity index (χ2n) is 5.00. The van der Waals surface area contributed by atoms with Crippen molar-refractivity contribution in [2.24, 2.45) is 0 Å². The van der Waals surface area contributed by atoms with Crippen LogP contribution in [-0.2, 0) is 21.1 Å². The summed E-state index contributed by atoms with van der Waals surface area (Å²) in [7, 11) is -2.99. The van der Waals surface area contributed by atoms with Crippen LogP contribution in [0, 0.1) is 0 Å². The van der Waals surface area contributed by atoms with E-state index in [4.69, 9.17) is 11.6 Å². The number of carbonyl (C=O) groups is 1. The SMILES string of the molecule is CCN(C(=O)Cc1ccccc1Cl)C1CCS(=O)(=O)C1. The first-order valence-electron chi connectivity index (χ1n) is 6.66. The van der Waals surface area contributed by atoms with Gasteiger partial charge in [-0.2, -0.15) is 0 Å². The average molecular weight is 316 g/mol. The number of halogens is 1. The third kappa shape index (κ3) is 3.52. The van der Waals surface area contributed by atoms with Crippen LogP contribution < -0.4 is 0 Å². The van der Waals surface area contributed by atoms with E-state index < -0.39 is 9.84 Å². The van der Waals surface area contributed by atoms with Gasteiger partial charge in [-0.3, -0.25) is 4.79 Å². The molecule has 1 amide bonds. The number of rotatable bonds is 4. The predicted octanol–water partition coefficient (Wildman–Crippen LogP) is 1.92. The summed E-state index contributed by atoms with van der Waals surface area (Å²) in [5.41, 5.74) is 0.776. The number of benzene rings is 1. The molecule has 6 heteroatoms. The second kappa shape index (κ2) is 6.14. The van der Waals surface area contributed by atoms with E-state index in [1.807, 2.05) is 25.1 Å². The Morgan fingerprint density at radius 3 is 2.65 bits per heavy atom. The zero-order valence-corrected chi connectivity index (χ0v) is 13.0. The number of amides is 1. The zero-order chi connectivity index (χ0) is 14.8. The maximum absolute atomic E-state index is 12.4. The van der Waals surface area contributed by atoms with Gasteiger partial charge in [0.1, 0.15) is 0 Å². The van der Waals surface area contributed by atoms with Crippen molar-refractivity contribution < 1.29 is 13.2 Å². The van der Waals surface area contributed by atoms with Gasteiger partial charge in [0.2, 0.25) is 5.91 Å². The van der Waals surface area contributed by atoms with E-state index in [2.05, 4.69) is 0 Å². The third-order valence-corrected chi connectivity index (χ3v) is 5.73. The molecule has 1 unspecified atom stereocenters. The molecule has 0 radical (unpaired) electrons. The summed E-state index contributed by atoms with van der Waals surface area (Å²) in [4.78, 5) is 14.0. The normalized spacial score (nSPS) is 20.8. The lowest BCUT2D eigenvalue weighted by Gasteiger charge is -2.27. The highest BCUT2D eigenvalue weighted by Crippen LogP contribution is 2.21. The number of likely N-dealkylation sites (N-methyl/N-ethyl adjacent to an activating group) is 1. The van der Waals surface area contributed by atoms with Gasteiger partial charge >= 0.3 is 0 Å². The smallest absolute Gasteiger partial charge is 0.227 e. The van der Waals surface area contributed by atoms with Crippen LogP contribution in [-0.4, -0.2) is 43.3 Å². The number of nitrogens with zero attached hydrogens (tertiary/aromatic N) is 1. The van der Waals surface area contributed by atoms with E-state index in [-0.39, 0.29) is 29.9 Å². The number of carbonyl (C=O) groups excluding carboxylic acids is 1. The highest BCUT2D eigenvalue weighted by molar-refractivity contribution is 7.91. The first kappa shape index (κ1) is 15.3. The van der Waals surface area contributed by atoms with Gasteiger partial charge in [0.15, 0.2) is 9.84 Å². The Morgan fingerprint density at radius 2 is 2.10 bits per heavy atom. The van der Waals surface area contributed by atoms with E-state index >= 15 is 0 Å². The van der Waals surface area contributed by atoms with Gasteiger partial charge in [-0.15, -0.1) is 0 Å². The first-order valence-corrected chi connectivity index (χ1v) is 8.86. The molecular weight excluding hydrogens is 298 g/mol. The molecule has 1 atom stereocenters. The summed E-state index contributed by atoms with van der Waals surface area (Å²) in [5.74, 6) is 0.186. The Hall–Kier alpha value is -1.07. The molecule has 2 rings (SSSR count). The van der Waals surface area contributed by atoms with E-state index in [9.17, 15) is 13.2 Å². The highest BCUT2D eigenvalue weighted by Gasteiger charge is 2.33. The molecule has 0 spiro atoms. The maximum atomic E-state index is 12.4. The van der Waals surface area contributed by atoms with Crippen molar-refractivity contribution in [1.29, 1.82) is 0 Å². The lowest BCUT2D eigenvalue weighted by Crippen LogP contribution is -2.41. The van der Waals surface area contributed by atoms with E-state index in [0.29, 0.717) is 18.0 Å². The molecule has 4 nitrogen and oxygen atoms in total. The van der Waals surface area contributed by atoms with Gasteiger partial charge in [0.05, 0.1) is 17.9 Å². The fraction of sp³-hybridized carbons (Fsp3) is 0.500. The lowest BCUT2D eigenvalue weighted by atomic mass is 10.1. The van der Waals surface area contributed by atoms with Gasteiger partial charge in [0, 0.05) is 17.6 Å². The first-order chi connectivity index (χ1) is 9.43. The van der Waals surface area contributed by atoms with Crippen molar-refractivity contribution in [2.75, 3.05) is 18.1 Å². The van der Waals surface area contributed by atoms with E-state index in [1.54, 1.807) is 11.0 Å². The Labute approximate surface area is 124 Å². The van der Waals surface area contributed by atoms with Crippen LogP contribution >= 0.6 is 11.6 Å². The molecule has 1 fully saturated rings. The average Bonchev–Trinajstić information content (AvgIpc) is 2.73. The lowest BCUT2D eigenvalue weighted by molar-refractivity contribution is -0.132. The highest BCUT2D eigenvalue weighted by atomic mass is 35.5. The minimum atomic E-state index is -2.99. The summed E-state index contributed by atoms with van der Waals surface area (Å²) < 4.78 is 23.1. The van der Waals surface area contributed by atoms with Crippen molar-refractivity contribution in [1.82, 2.24) is 4.90 Å². The molecule has 110 valence electrons. The largest absolute Gasteiger partial charge is 0.339 e. The minimum absolute atomic E-state index is 0.0669. The third-order valence-electron chi connectivity index (χ3n) is 3.61. The van der Waals surface area contributed by atoms with Crippen LogP contribution in [0.25, 0.3) is 0 Å². The van der Waals surface area contributed by atoms with Crippen molar-refractivity contribution in [3.63, 3.8) is 0 Å². The molecule has 20 heavy (non-hydrogen) atoms. The quantitative estimate of drug-likeness (QED) is 0.853. The summed E-state index contributed by atoms with van der Waals surface area (Å²) in [6, 6.07) is 7.03. The molecule has 1 heterocycles.